The number of benzene rings is 2. The van der Waals surface area contributed by atoms with Crippen molar-refractivity contribution < 1.29 is 23.8 Å². The number of thioether (sulfide) groups is 1. The normalized spacial score (nSPS) is 14.9. The lowest BCUT2D eigenvalue weighted by molar-refractivity contribution is -0.142. The number of carbonyl (C=O) groups excluding carboxylic acids is 2. The van der Waals surface area contributed by atoms with E-state index in [9.17, 15) is 9.59 Å². The van der Waals surface area contributed by atoms with Gasteiger partial charge in [-0.25, -0.2) is 4.79 Å². The van der Waals surface area contributed by atoms with Crippen LogP contribution in [0.4, 0.5) is 5.69 Å². The monoisotopic (exact) mass is 443 g/mol. The molecule has 0 unspecified atom stereocenters. The molecule has 1 heterocycles. The molecule has 0 bridgehead atoms. The minimum absolute atomic E-state index is 0.213. The van der Waals surface area contributed by atoms with E-state index in [0.29, 0.717) is 26.3 Å². The second-order valence-corrected chi connectivity index (χ2v) is 8.20. The fourth-order valence-electron chi connectivity index (χ4n) is 2.85. The second-order valence-electron chi connectivity index (χ2n) is 6.53. The second kappa shape index (κ2) is 9.32. The smallest absolute Gasteiger partial charge is 0.343 e. The molecule has 1 aliphatic heterocycles. The van der Waals surface area contributed by atoms with E-state index >= 15 is 0 Å². The molecule has 0 saturated carbocycles. The van der Waals surface area contributed by atoms with E-state index in [1.165, 1.54) is 30.9 Å². The van der Waals surface area contributed by atoms with Crippen molar-refractivity contribution in [2.75, 3.05) is 25.7 Å². The van der Waals surface area contributed by atoms with Crippen LogP contribution in [0, 0.1) is 13.8 Å². The van der Waals surface area contributed by atoms with Gasteiger partial charge in [0.1, 0.15) is 0 Å². The highest BCUT2D eigenvalue weighted by Gasteiger charge is 2.33. The van der Waals surface area contributed by atoms with Gasteiger partial charge < -0.3 is 14.2 Å². The van der Waals surface area contributed by atoms with Crippen molar-refractivity contribution >= 4 is 51.9 Å². The molecular formula is C22H21NO5S2. The van der Waals surface area contributed by atoms with Crippen molar-refractivity contribution in [3.8, 4) is 11.5 Å². The number of carbonyl (C=O) groups is 2. The highest BCUT2D eigenvalue weighted by molar-refractivity contribution is 8.27. The summed E-state index contributed by atoms with van der Waals surface area (Å²) in [6.45, 7) is 3.73. The molecule has 2 aromatic rings. The first-order valence-electron chi connectivity index (χ1n) is 9.07. The molecule has 156 valence electrons. The Kier molecular flexibility index (Phi) is 6.79. The summed E-state index contributed by atoms with van der Waals surface area (Å²) >= 11 is 6.68. The maximum atomic E-state index is 13.1. The number of rotatable bonds is 6. The quantitative estimate of drug-likeness (QED) is 0.375. The Morgan fingerprint density at radius 2 is 1.93 bits per heavy atom. The van der Waals surface area contributed by atoms with Gasteiger partial charge in [0.2, 0.25) is 0 Å². The summed E-state index contributed by atoms with van der Waals surface area (Å²) in [6, 6.07) is 11.1. The average molecular weight is 444 g/mol. The summed E-state index contributed by atoms with van der Waals surface area (Å²) in [5.41, 5.74) is 3.55. The SMILES string of the molecule is COC(=O)COc1c(/C=C2/SC(=S)N(c3ccc(C)c(C)c3)C2=O)cccc1OC. The third-order valence-electron chi connectivity index (χ3n) is 4.62. The molecule has 6 nitrogen and oxygen atoms in total. The zero-order valence-corrected chi connectivity index (χ0v) is 18.7. The van der Waals surface area contributed by atoms with E-state index in [4.69, 9.17) is 21.7 Å². The highest BCUT2D eigenvalue weighted by atomic mass is 32.2. The predicted octanol–water partition coefficient (Wildman–Crippen LogP) is 4.27. The van der Waals surface area contributed by atoms with E-state index in [-0.39, 0.29) is 12.5 Å². The molecule has 0 N–H and O–H groups in total. The zero-order chi connectivity index (χ0) is 21.8. The maximum Gasteiger partial charge on any atom is 0.343 e. The van der Waals surface area contributed by atoms with Crippen molar-refractivity contribution in [2.24, 2.45) is 0 Å². The van der Waals surface area contributed by atoms with E-state index < -0.39 is 5.97 Å². The lowest BCUT2D eigenvalue weighted by atomic mass is 10.1. The van der Waals surface area contributed by atoms with E-state index in [1.807, 2.05) is 32.0 Å². The molecule has 1 aliphatic rings. The van der Waals surface area contributed by atoms with Crippen LogP contribution in [0.2, 0.25) is 0 Å². The summed E-state index contributed by atoms with van der Waals surface area (Å²) in [5, 5.41) is 0. The number of anilines is 1. The summed E-state index contributed by atoms with van der Waals surface area (Å²) in [6.07, 6.45) is 1.69. The van der Waals surface area contributed by atoms with Crippen LogP contribution >= 0.6 is 24.0 Å². The van der Waals surface area contributed by atoms with Crippen LogP contribution in [0.5, 0.6) is 11.5 Å². The molecule has 8 heteroatoms. The van der Waals surface area contributed by atoms with Crippen LogP contribution in [0.1, 0.15) is 16.7 Å². The first-order valence-corrected chi connectivity index (χ1v) is 10.3. The van der Waals surface area contributed by atoms with E-state index in [2.05, 4.69) is 4.74 Å². The number of para-hydroxylation sites is 1. The topological polar surface area (TPSA) is 65.1 Å². The number of amides is 1. The predicted molar refractivity (Wildman–Crippen MR) is 122 cm³/mol. The Balaban J connectivity index is 1.95. The van der Waals surface area contributed by atoms with Gasteiger partial charge in [0.15, 0.2) is 22.4 Å². The minimum atomic E-state index is -0.520. The summed E-state index contributed by atoms with van der Waals surface area (Å²) in [7, 11) is 2.79. The van der Waals surface area contributed by atoms with Crippen molar-refractivity contribution in [3.05, 3.63) is 58.0 Å². The number of ether oxygens (including phenoxy) is 3. The fourth-order valence-corrected chi connectivity index (χ4v) is 4.14. The summed E-state index contributed by atoms with van der Waals surface area (Å²) in [5.74, 6) is 0.0575. The molecule has 0 aliphatic carbocycles. The zero-order valence-electron chi connectivity index (χ0n) is 17.1. The molecule has 0 atom stereocenters. The van der Waals surface area contributed by atoms with Crippen LogP contribution in [0.15, 0.2) is 41.3 Å². The molecule has 30 heavy (non-hydrogen) atoms. The molecule has 0 radical (unpaired) electrons. The fraction of sp³-hybridized carbons (Fsp3) is 0.227. The lowest BCUT2D eigenvalue weighted by Crippen LogP contribution is -2.27. The van der Waals surface area contributed by atoms with Crippen molar-refractivity contribution in [3.63, 3.8) is 0 Å². The number of nitrogens with zero attached hydrogens (tertiary/aromatic N) is 1. The van der Waals surface area contributed by atoms with Crippen LogP contribution in [0.25, 0.3) is 6.08 Å². The van der Waals surface area contributed by atoms with Crippen molar-refractivity contribution in [1.82, 2.24) is 0 Å². The molecule has 1 fully saturated rings. The average Bonchev–Trinajstić information content (AvgIpc) is 3.01. The Morgan fingerprint density at radius 1 is 1.17 bits per heavy atom. The molecule has 0 spiro atoms. The highest BCUT2D eigenvalue weighted by Crippen LogP contribution is 2.39. The Hall–Kier alpha value is -2.84. The number of hydrogen-bond donors (Lipinski definition) is 0. The van der Waals surface area contributed by atoms with Gasteiger partial charge in [-0.05, 0) is 49.2 Å². The standard InChI is InChI=1S/C22H21NO5S2/c1-13-8-9-16(10-14(13)2)23-21(25)18(30-22(23)29)11-15-6-5-7-17(26-3)20(15)28-12-19(24)27-4/h5-11H,12H2,1-4H3/b18-11+. The number of hydrogen-bond acceptors (Lipinski definition) is 7. The molecule has 2 aromatic carbocycles. The Bertz CT molecular complexity index is 1050. The number of esters is 1. The van der Waals surface area contributed by atoms with Gasteiger partial charge in [-0.3, -0.25) is 9.69 Å². The molecular weight excluding hydrogens is 422 g/mol. The summed E-state index contributed by atoms with van der Waals surface area (Å²) in [4.78, 5) is 26.6. The van der Waals surface area contributed by atoms with Gasteiger partial charge in [-0.2, -0.15) is 0 Å². The van der Waals surface area contributed by atoms with Crippen LogP contribution in [-0.2, 0) is 14.3 Å². The van der Waals surface area contributed by atoms with E-state index in [1.54, 1.807) is 24.3 Å². The molecule has 3 rings (SSSR count). The third-order valence-corrected chi connectivity index (χ3v) is 5.92. The lowest BCUT2D eigenvalue weighted by Gasteiger charge is -2.16. The van der Waals surface area contributed by atoms with Crippen molar-refractivity contribution in [2.45, 2.75) is 13.8 Å². The molecule has 1 saturated heterocycles. The minimum Gasteiger partial charge on any atom is -0.493 e. The third kappa shape index (κ3) is 4.49. The van der Waals surface area contributed by atoms with Crippen LogP contribution in [0.3, 0.4) is 0 Å². The Morgan fingerprint density at radius 3 is 2.60 bits per heavy atom. The van der Waals surface area contributed by atoms with Gasteiger partial charge in [-0.1, -0.05) is 42.2 Å². The van der Waals surface area contributed by atoms with Gasteiger partial charge in [0, 0.05) is 5.56 Å². The van der Waals surface area contributed by atoms with Gasteiger partial charge in [0.05, 0.1) is 24.8 Å². The van der Waals surface area contributed by atoms with Crippen LogP contribution < -0.4 is 14.4 Å². The maximum absolute atomic E-state index is 13.1. The largest absolute Gasteiger partial charge is 0.493 e. The van der Waals surface area contributed by atoms with Gasteiger partial charge >= 0.3 is 5.97 Å². The molecule has 1 amide bonds. The number of methoxy groups -OCH3 is 2. The first kappa shape index (κ1) is 21.9. The Labute approximate surface area is 184 Å². The first-order chi connectivity index (χ1) is 14.3. The molecule has 0 aromatic heterocycles. The van der Waals surface area contributed by atoms with E-state index in [0.717, 1.165) is 16.8 Å². The summed E-state index contributed by atoms with van der Waals surface area (Å²) < 4.78 is 16.0. The van der Waals surface area contributed by atoms with Crippen molar-refractivity contribution in [1.29, 1.82) is 0 Å². The van der Waals surface area contributed by atoms with Crippen LogP contribution in [-0.4, -0.2) is 37.0 Å². The number of thiocarbonyl (C=S) groups is 1. The van der Waals surface area contributed by atoms with Gasteiger partial charge in [0.25, 0.3) is 5.91 Å². The number of aryl methyl sites for hydroxylation is 2. The van der Waals surface area contributed by atoms with Gasteiger partial charge in [-0.15, -0.1) is 0 Å².